The fourth-order valence-electron chi connectivity index (χ4n) is 1.44. The van der Waals surface area contributed by atoms with E-state index in [0.29, 0.717) is 6.61 Å². The number of hydrogen-bond donors (Lipinski definition) is 1. The zero-order valence-corrected chi connectivity index (χ0v) is 10.2. The molecule has 100 valence electrons. The molecule has 0 atom stereocenters. The molecular formula is C12H12F2N4O. The predicted molar refractivity (Wildman–Crippen MR) is 65.4 cm³/mol. The van der Waals surface area contributed by atoms with Gasteiger partial charge in [-0.05, 0) is 18.6 Å². The van der Waals surface area contributed by atoms with Crippen LogP contribution in [0.25, 0.3) is 11.4 Å². The summed E-state index contributed by atoms with van der Waals surface area (Å²) in [6.45, 7) is 2.34. The summed E-state index contributed by atoms with van der Waals surface area (Å²) in [5.41, 5.74) is 5.69. The van der Waals surface area contributed by atoms with Crippen LogP contribution in [-0.4, -0.2) is 21.6 Å². The Labute approximate surface area is 108 Å². The van der Waals surface area contributed by atoms with Gasteiger partial charge in [-0.15, -0.1) is 0 Å². The second-order valence-corrected chi connectivity index (χ2v) is 3.81. The van der Waals surface area contributed by atoms with Crippen molar-refractivity contribution in [2.75, 3.05) is 12.3 Å². The van der Waals surface area contributed by atoms with E-state index in [0.717, 1.165) is 24.6 Å². The van der Waals surface area contributed by atoms with E-state index in [-0.39, 0.29) is 23.3 Å². The third-order valence-electron chi connectivity index (χ3n) is 2.19. The molecule has 0 bridgehead atoms. The molecule has 1 aromatic carbocycles. The number of nitrogens with zero attached hydrogens (tertiary/aromatic N) is 3. The Bertz CT molecular complexity index is 572. The number of aromatic nitrogens is 3. The summed E-state index contributed by atoms with van der Waals surface area (Å²) in [5.74, 6) is -1.44. The Balaban J connectivity index is 2.40. The predicted octanol–water partition coefficient (Wildman–Crippen LogP) is 2.19. The number of benzene rings is 1. The molecule has 5 nitrogen and oxygen atoms in total. The Hall–Kier alpha value is -2.31. The van der Waals surface area contributed by atoms with Crippen molar-refractivity contribution < 1.29 is 13.5 Å². The molecule has 0 unspecified atom stereocenters. The standard InChI is InChI=1S/C12H12F2N4O/c1-2-3-19-12-17-10(16-11(15)18-12)7-4-8(13)6-9(14)5-7/h4-6H,2-3H2,1H3,(H2,15,16,17,18). The zero-order chi connectivity index (χ0) is 13.8. The van der Waals surface area contributed by atoms with Crippen LogP contribution in [-0.2, 0) is 0 Å². The monoisotopic (exact) mass is 266 g/mol. The third-order valence-corrected chi connectivity index (χ3v) is 2.19. The summed E-state index contributed by atoms with van der Waals surface area (Å²) >= 11 is 0. The quantitative estimate of drug-likeness (QED) is 0.918. The summed E-state index contributed by atoms with van der Waals surface area (Å²) in [6.07, 6.45) is 0.773. The highest BCUT2D eigenvalue weighted by Gasteiger charge is 2.10. The van der Waals surface area contributed by atoms with E-state index >= 15 is 0 Å². The minimum absolute atomic E-state index is 0.0361. The lowest BCUT2D eigenvalue weighted by Crippen LogP contribution is -2.06. The van der Waals surface area contributed by atoms with Crippen LogP contribution in [0.3, 0.4) is 0 Å². The van der Waals surface area contributed by atoms with Crippen molar-refractivity contribution in [2.24, 2.45) is 0 Å². The van der Waals surface area contributed by atoms with Crippen molar-refractivity contribution in [3.63, 3.8) is 0 Å². The molecule has 2 aromatic rings. The van der Waals surface area contributed by atoms with Crippen LogP contribution < -0.4 is 10.5 Å². The van der Waals surface area contributed by atoms with E-state index in [1.807, 2.05) is 6.92 Å². The van der Waals surface area contributed by atoms with Crippen molar-refractivity contribution >= 4 is 5.95 Å². The molecule has 2 N–H and O–H groups in total. The van der Waals surface area contributed by atoms with Gasteiger partial charge in [-0.2, -0.15) is 15.0 Å². The lowest BCUT2D eigenvalue weighted by atomic mass is 10.2. The fourth-order valence-corrected chi connectivity index (χ4v) is 1.44. The lowest BCUT2D eigenvalue weighted by Gasteiger charge is -2.06. The second-order valence-electron chi connectivity index (χ2n) is 3.81. The van der Waals surface area contributed by atoms with E-state index in [1.165, 1.54) is 0 Å². The van der Waals surface area contributed by atoms with Gasteiger partial charge in [0.1, 0.15) is 11.6 Å². The summed E-state index contributed by atoms with van der Waals surface area (Å²) < 4.78 is 31.5. The number of nitrogen functional groups attached to an aromatic ring is 1. The van der Waals surface area contributed by atoms with E-state index in [1.54, 1.807) is 0 Å². The summed E-state index contributed by atoms with van der Waals surface area (Å²) in [6, 6.07) is 3.03. The van der Waals surface area contributed by atoms with Crippen molar-refractivity contribution in [3.05, 3.63) is 29.8 Å². The van der Waals surface area contributed by atoms with Crippen LogP contribution in [0, 0.1) is 11.6 Å². The average molecular weight is 266 g/mol. The van der Waals surface area contributed by atoms with E-state index in [9.17, 15) is 8.78 Å². The molecule has 0 aliphatic rings. The molecule has 0 radical (unpaired) electrons. The topological polar surface area (TPSA) is 73.9 Å². The van der Waals surface area contributed by atoms with Crippen molar-refractivity contribution in [2.45, 2.75) is 13.3 Å². The molecule has 1 aromatic heterocycles. The molecular weight excluding hydrogens is 254 g/mol. The Morgan fingerprint density at radius 1 is 1.11 bits per heavy atom. The largest absolute Gasteiger partial charge is 0.463 e. The van der Waals surface area contributed by atoms with Gasteiger partial charge >= 0.3 is 6.01 Å². The number of hydrogen-bond acceptors (Lipinski definition) is 5. The van der Waals surface area contributed by atoms with E-state index < -0.39 is 11.6 Å². The highest BCUT2D eigenvalue weighted by Crippen LogP contribution is 2.20. The number of halogens is 2. The Morgan fingerprint density at radius 2 is 1.79 bits per heavy atom. The van der Waals surface area contributed by atoms with Crippen molar-refractivity contribution in [3.8, 4) is 17.4 Å². The normalized spacial score (nSPS) is 10.5. The first-order chi connectivity index (χ1) is 9.08. The first-order valence-corrected chi connectivity index (χ1v) is 5.69. The minimum atomic E-state index is -0.718. The lowest BCUT2D eigenvalue weighted by molar-refractivity contribution is 0.292. The van der Waals surface area contributed by atoms with Crippen LogP contribution >= 0.6 is 0 Å². The first-order valence-electron chi connectivity index (χ1n) is 5.69. The summed E-state index contributed by atoms with van der Waals surface area (Å²) in [4.78, 5) is 11.6. The molecule has 0 spiro atoms. The first kappa shape index (κ1) is 13.1. The van der Waals surface area contributed by atoms with Gasteiger partial charge in [0.15, 0.2) is 5.82 Å². The molecule has 0 aliphatic carbocycles. The molecule has 1 heterocycles. The molecule has 7 heteroatoms. The van der Waals surface area contributed by atoms with Crippen LogP contribution in [0.15, 0.2) is 18.2 Å². The number of rotatable bonds is 4. The van der Waals surface area contributed by atoms with Gasteiger partial charge in [0, 0.05) is 11.6 Å². The maximum absolute atomic E-state index is 13.1. The van der Waals surface area contributed by atoms with Crippen LogP contribution in [0.4, 0.5) is 14.7 Å². The molecule has 0 amide bonds. The second kappa shape index (κ2) is 5.55. The SMILES string of the molecule is CCCOc1nc(N)nc(-c2cc(F)cc(F)c2)n1. The minimum Gasteiger partial charge on any atom is -0.463 e. The molecule has 19 heavy (non-hydrogen) atoms. The smallest absolute Gasteiger partial charge is 0.321 e. The van der Waals surface area contributed by atoms with Gasteiger partial charge in [0.05, 0.1) is 6.61 Å². The maximum atomic E-state index is 13.1. The van der Waals surface area contributed by atoms with Crippen LogP contribution in [0.5, 0.6) is 6.01 Å². The highest BCUT2D eigenvalue weighted by molar-refractivity contribution is 5.56. The van der Waals surface area contributed by atoms with Gasteiger partial charge in [-0.3, -0.25) is 0 Å². The van der Waals surface area contributed by atoms with Crippen molar-refractivity contribution in [1.82, 2.24) is 15.0 Å². The average Bonchev–Trinajstić information content (AvgIpc) is 2.34. The summed E-state index contributed by atoms with van der Waals surface area (Å²) in [5, 5.41) is 0. The fraction of sp³-hybridized carbons (Fsp3) is 0.250. The molecule has 0 fully saturated rings. The number of ether oxygens (including phenoxy) is 1. The zero-order valence-electron chi connectivity index (χ0n) is 10.2. The van der Waals surface area contributed by atoms with E-state index in [2.05, 4.69) is 15.0 Å². The Morgan fingerprint density at radius 3 is 2.42 bits per heavy atom. The number of anilines is 1. The maximum Gasteiger partial charge on any atom is 0.321 e. The third kappa shape index (κ3) is 3.34. The number of nitrogens with two attached hydrogens (primary N) is 1. The van der Waals surface area contributed by atoms with Crippen LogP contribution in [0.2, 0.25) is 0 Å². The molecule has 0 saturated carbocycles. The highest BCUT2D eigenvalue weighted by atomic mass is 19.1. The van der Waals surface area contributed by atoms with Gasteiger partial charge in [-0.1, -0.05) is 6.92 Å². The summed E-state index contributed by atoms with van der Waals surface area (Å²) in [7, 11) is 0. The molecule has 2 rings (SSSR count). The van der Waals surface area contributed by atoms with Gasteiger partial charge < -0.3 is 10.5 Å². The Kier molecular flexibility index (Phi) is 3.84. The van der Waals surface area contributed by atoms with Crippen LogP contribution in [0.1, 0.15) is 13.3 Å². The van der Waals surface area contributed by atoms with Gasteiger partial charge in [0.2, 0.25) is 5.95 Å². The molecule has 0 saturated heterocycles. The van der Waals surface area contributed by atoms with Gasteiger partial charge in [-0.25, -0.2) is 8.78 Å². The van der Waals surface area contributed by atoms with E-state index in [4.69, 9.17) is 10.5 Å². The molecule has 0 aliphatic heterocycles. The van der Waals surface area contributed by atoms with Gasteiger partial charge in [0.25, 0.3) is 0 Å². The van der Waals surface area contributed by atoms with Crippen molar-refractivity contribution in [1.29, 1.82) is 0 Å².